The van der Waals surface area contributed by atoms with Gasteiger partial charge in [0.25, 0.3) is 0 Å². The summed E-state index contributed by atoms with van der Waals surface area (Å²) in [7, 11) is 0. The summed E-state index contributed by atoms with van der Waals surface area (Å²) in [5, 5.41) is 0. The van der Waals surface area contributed by atoms with Crippen LogP contribution in [0.1, 0.15) is 38.7 Å². The van der Waals surface area contributed by atoms with Gasteiger partial charge in [-0.25, -0.2) is 0 Å². The van der Waals surface area contributed by atoms with Gasteiger partial charge in [-0.3, -0.25) is 4.79 Å². The first-order valence-electron chi connectivity index (χ1n) is 8.80. The Kier molecular flexibility index (Phi) is 5.21. The van der Waals surface area contributed by atoms with Crippen molar-refractivity contribution in [3.63, 3.8) is 0 Å². The van der Waals surface area contributed by atoms with Crippen LogP contribution in [0.5, 0.6) is 5.75 Å². The number of rotatable bonds is 5. The zero-order valence-electron chi connectivity index (χ0n) is 14.2. The highest BCUT2D eigenvalue weighted by atomic mass is 16.5. The molecule has 1 amide bonds. The summed E-state index contributed by atoms with van der Waals surface area (Å²) in [6.07, 6.45) is 4.19. The van der Waals surface area contributed by atoms with Crippen molar-refractivity contribution in [2.45, 2.75) is 51.7 Å². The minimum absolute atomic E-state index is 0.275. The van der Waals surface area contributed by atoms with Gasteiger partial charge in [0, 0.05) is 25.4 Å². The lowest BCUT2D eigenvalue weighted by Crippen LogP contribution is -2.44. The Morgan fingerprint density at radius 1 is 1.35 bits per heavy atom. The standard InChI is InChI=1S/C19H27NO3/c1-3-22-17-7-4-15(5-8-17)6-9-19(21)20-11-10-18-16(13-20)12-14(2)23-18/h4-5,7-8,14,16,18H,3,6,9-13H2,1-2H3/t14-,16-,18+/m0/s1. The summed E-state index contributed by atoms with van der Waals surface area (Å²) in [5.41, 5.74) is 1.19. The van der Waals surface area contributed by atoms with Crippen LogP contribution in [-0.2, 0) is 16.0 Å². The van der Waals surface area contributed by atoms with Crippen molar-refractivity contribution in [3.8, 4) is 5.75 Å². The van der Waals surface area contributed by atoms with E-state index in [1.165, 1.54) is 5.56 Å². The summed E-state index contributed by atoms with van der Waals surface area (Å²) >= 11 is 0. The molecular weight excluding hydrogens is 290 g/mol. The monoisotopic (exact) mass is 317 g/mol. The highest BCUT2D eigenvalue weighted by Gasteiger charge is 2.38. The van der Waals surface area contributed by atoms with Crippen LogP contribution in [0.2, 0.25) is 0 Å². The number of ether oxygens (including phenoxy) is 2. The van der Waals surface area contributed by atoms with Crippen molar-refractivity contribution in [3.05, 3.63) is 29.8 Å². The molecule has 2 fully saturated rings. The van der Waals surface area contributed by atoms with Crippen molar-refractivity contribution in [2.75, 3.05) is 19.7 Å². The number of nitrogens with zero attached hydrogens (tertiary/aromatic N) is 1. The predicted molar refractivity (Wildman–Crippen MR) is 89.6 cm³/mol. The molecule has 23 heavy (non-hydrogen) atoms. The largest absolute Gasteiger partial charge is 0.494 e. The molecule has 2 aliphatic heterocycles. The van der Waals surface area contributed by atoms with Crippen LogP contribution in [0.15, 0.2) is 24.3 Å². The molecule has 126 valence electrons. The Morgan fingerprint density at radius 3 is 2.87 bits per heavy atom. The fourth-order valence-corrected chi connectivity index (χ4v) is 3.75. The van der Waals surface area contributed by atoms with Crippen LogP contribution in [-0.4, -0.2) is 42.7 Å². The van der Waals surface area contributed by atoms with Gasteiger partial charge in [0.2, 0.25) is 5.91 Å². The maximum absolute atomic E-state index is 12.5. The number of aryl methyl sites for hydroxylation is 1. The van der Waals surface area contributed by atoms with E-state index < -0.39 is 0 Å². The van der Waals surface area contributed by atoms with Crippen LogP contribution >= 0.6 is 0 Å². The summed E-state index contributed by atoms with van der Waals surface area (Å²) in [4.78, 5) is 14.5. The molecule has 0 spiro atoms. The molecule has 0 saturated carbocycles. The molecular formula is C19H27NO3. The van der Waals surface area contributed by atoms with E-state index in [1.807, 2.05) is 24.0 Å². The number of hydrogen-bond donors (Lipinski definition) is 0. The van der Waals surface area contributed by atoms with Gasteiger partial charge >= 0.3 is 0 Å². The lowest BCUT2D eigenvalue weighted by molar-refractivity contribution is -0.134. The Hall–Kier alpha value is -1.55. The van der Waals surface area contributed by atoms with Gasteiger partial charge in [0.05, 0.1) is 18.8 Å². The van der Waals surface area contributed by atoms with Crippen molar-refractivity contribution in [1.29, 1.82) is 0 Å². The quantitative estimate of drug-likeness (QED) is 0.838. The van der Waals surface area contributed by atoms with Gasteiger partial charge in [0.15, 0.2) is 0 Å². The molecule has 2 heterocycles. The molecule has 2 saturated heterocycles. The maximum atomic E-state index is 12.5. The van der Waals surface area contributed by atoms with Crippen LogP contribution in [0.4, 0.5) is 0 Å². The molecule has 2 aliphatic rings. The molecule has 0 aliphatic carbocycles. The zero-order valence-corrected chi connectivity index (χ0v) is 14.2. The van der Waals surface area contributed by atoms with Crippen LogP contribution in [0.25, 0.3) is 0 Å². The van der Waals surface area contributed by atoms with E-state index >= 15 is 0 Å². The number of fused-ring (bicyclic) bond motifs is 1. The first-order valence-corrected chi connectivity index (χ1v) is 8.80. The molecule has 0 bridgehead atoms. The second-order valence-electron chi connectivity index (χ2n) is 6.69. The van der Waals surface area contributed by atoms with Crippen LogP contribution < -0.4 is 4.74 Å². The fraction of sp³-hybridized carbons (Fsp3) is 0.632. The molecule has 0 unspecified atom stereocenters. The first kappa shape index (κ1) is 16.3. The highest BCUT2D eigenvalue weighted by molar-refractivity contribution is 5.76. The minimum atomic E-state index is 0.275. The van der Waals surface area contributed by atoms with E-state index in [0.29, 0.717) is 31.2 Å². The Bertz CT molecular complexity index is 528. The number of amides is 1. The maximum Gasteiger partial charge on any atom is 0.222 e. The summed E-state index contributed by atoms with van der Waals surface area (Å²) in [6.45, 7) is 6.51. The van der Waals surface area contributed by atoms with Gasteiger partial charge in [0.1, 0.15) is 5.75 Å². The molecule has 3 atom stereocenters. The number of likely N-dealkylation sites (tertiary alicyclic amines) is 1. The molecule has 4 heteroatoms. The zero-order chi connectivity index (χ0) is 16.2. The normalized spacial score (nSPS) is 26.9. The van der Waals surface area contributed by atoms with E-state index in [0.717, 1.165) is 38.1 Å². The second kappa shape index (κ2) is 7.35. The second-order valence-corrected chi connectivity index (χ2v) is 6.69. The predicted octanol–water partition coefficient (Wildman–Crippen LogP) is 3.04. The van der Waals surface area contributed by atoms with E-state index in [2.05, 4.69) is 19.1 Å². The van der Waals surface area contributed by atoms with Crippen LogP contribution in [0, 0.1) is 5.92 Å². The van der Waals surface area contributed by atoms with Crippen molar-refractivity contribution in [2.24, 2.45) is 5.92 Å². The van der Waals surface area contributed by atoms with Gasteiger partial charge in [-0.2, -0.15) is 0 Å². The van der Waals surface area contributed by atoms with E-state index in [4.69, 9.17) is 9.47 Å². The topological polar surface area (TPSA) is 38.8 Å². The number of carbonyl (C=O) groups excluding carboxylic acids is 1. The average Bonchev–Trinajstić information content (AvgIpc) is 2.93. The minimum Gasteiger partial charge on any atom is -0.494 e. The SMILES string of the molecule is CCOc1ccc(CCC(=O)N2CC[C@H]3O[C@@H](C)C[C@H]3C2)cc1. The lowest BCUT2D eigenvalue weighted by Gasteiger charge is -2.34. The Balaban J connectivity index is 1.47. The Morgan fingerprint density at radius 2 is 2.13 bits per heavy atom. The fourth-order valence-electron chi connectivity index (χ4n) is 3.75. The number of hydrogen-bond acceptors (Lipinski definition) is 3. The third kappa shape index (κ3) is 4.05. The van der Waals surface area contributed by atoms with Gasteiger partial charge in [-0.15, -0.1) is 0 Å². The van der Waals surface area contributed by atoms with Crippen molar-refractivity contribution < 1.29 is 14.3 Å². The smallest absolute Gasteiger partial charge is 0.222 e. The lowest BCUT2D eigenvalue weighted by atomic mass is 9.93. The van der Waals surface area contributed by atoms with Gasteiger partial charge in [-0.05, 0) is 50.8 Å². The summed E-state index contributed by atoms with van der Waals surface area (Å²) < 4.78 is 11.3. The van der Waals surface area contributed by atoms with Crippen LogP contribution in [0.3, 0.4) is 0 Å². The molecule has 1 aromatic rings. The van der Waals surface area contributed by atoms with E-state index in [9.17, 15) is 4.79 Å². The van der Waals surface area contributed by atoms with Gasteiger partial charge < -0.3 is 14.4 Å². The third-order valence-corrected chi connectivity index (χ3v) is 4.92. The highest BCUT2D eigenvalue weighted by Crippen LogP contribution is 2.32. The summed E-state index contributed by atoms with van der Waals surface area (Å²) in [5.74, 6) is 1.70. The van der Waals surface area contributed by atoms with Crippen molar-refractivity contribution in [1.82, 2.24) is 4.90 Å². The molecule has 1 aromatic carbocycles. The molecule has 3 rings (SSSR count). The molecule has 0 radical (unpaired) electrons. The first-order chi connectivity index (χ1) is 11.2. The molecule has 4 nitrogen and oxygen atoms in total. The summed E-state index contributed by atoms with van der Waals surface area (Å²) in [6, 6.07) is 8.06. The van der Waals surface area contributed by atoms with E-state index in [-0.39, 0.29) is 5.91 Å². The van der Waals surface area contributed by atoms with Gasteiger partial charge in [-0.1, -0.05) is 12.1 Å². The Labute approximate surface area is 138 Å². The number of carbonyl (C=O) groups is 1. The van der Waals surface area contributed by atoms with Crippen molar-refractivity contribution >= 4 is 5.91 Å². The number of piperidine rings is 1. The number of benzene rings is 1. The molecule has 0 N–H and O–H groups in total. The average molecular weight is 317 g/mol. The third-order valence-electron chi connectivity index (χ3n) is 4.92. The van der Waals surface area contributed by atoms with E-state index in [1.54, 1.807) is 0 Å². The molecule has 0 aromatic heterocycles.